The van der Waals surface area contributed by atoms with E-state index in [4.69, 9.17) is 0 Å². The summed E-state index contributed by atoms with van der Waals surface area (Å²) >= 11 is 0. The van der Waals surface area contributed by atoms with Crippen LogP contribution in [0, 0.1) is 6.92 Å². The van der Waals surface area contributed by atoms with E-state index in [1.165, 1.54) is 0 Å². The molecule has 1 aromatic rings. The summed E-state index contributed by atoms with van der Waals surface area (Å²) in [6, 6.07) is 0. The summed E-state index contributed by atoms with van der Waals surface area (Å²) in [5.41, 5.74) is -1.07. The Hall–Kier alpha value is -1.50. The topological polar surface area (TPSA) is 78.0 Å². The fraction of sp³-hybridized carbons (Fsp3) is 0.667. The molecule has 1 aromatic heterocycles. The SMILES string of the molecule is Cc1[nH]nc(C(F)F)c1NC(=O)CC1(O)CCCC1. The maximum Gasteiger partial charge on any atom is 0.284 e. The van der Waals surface area contributed by atoms with Gasteiger partial charge in [0.2, 0.25) is 5.91 Å². The van der Waals surface area contributed by atoms with E-state index >= 15 is 0 Å². The third-order valence-corrected chi connectivity index (χ3v) is 3.47. The molecule has 106 valence electrons. The van der Waals surface area contributed by atoms with Crippen molar-refractivity contribution in [2.75, 3.05) is 5.32 Å². The van der Waals surface area contributed by atoms with Crippen molar-refractivity contribution in [3.8, 4) is 0 Å². The van der Waals surface area contributed by atoms with Crippen LogP contribution in [0.4, 0.5) is 14.5 Å². The molecule has 0 spiro atoms. The van der Waals surface area contributed by atoms with Crippen LogP contribution in [0.15, 0.2) is 0 Å². The van der Waals surface area contributed by atoms with Crippen LogP contribution in [-0.2, 0) is 4.79 Å². The number of aryl methyl sites for hydroxylation is 1. The minimum absolute atomic E-state index is 0.0154. The molecule has 0 aromatic carbocycles. The van der Waals surface area contributed by atoms with Gasteiger partial charge in [-0.1, -0.05) is 12.8 Å². The van der Waals surface area contributed by atoms with Crippen molar-refractivity contribution >= 4 is 11.6 Å². The van der Waals surface area contributed by atoms with Crippen LogP contribution in [-0.4, -0.2) is 26.8 Å². The lowest BCUT2D eigenvalue weighted by molar-refractivity contribution is -0.120. The Morgan fingerprint density at radius 1 is 1.53 bits per heavy atom. The first-order valence-corrected chi connectivity index (χ1v) is 6.26. The highest BCUT2D eigenvalue weighted by molar-refractivity contribution is 5.92. The van der Waals surface area contributed by atoms with E-state index in [2.05, 4.69) is 15.5 Å². The molecule has 0 bridgehead atoms. The molecule has 1 heterocycles. The molecule has 19 heavy (non-hydrogen) atoms. The molecule has 0 atom stereocenters. The summed E-state index contributed by atoms with van der Waals surface area (Å²) in [5.74, 6) is -0.462. The monoisotopic (exact) mass is 273 g/mol. The number of hydrogen-bond acceptors (Lipinski definition) is 3. The second-order valence-electron chi connectivity index (χ2n) is 5.07. The van der Waals surface area contributed by atoms with Crippen molar-refractivity contribution < 1.29 is 18.7 Å². The highest BCUT2D eigenvalue weighted by atomic mass is 19.3. The molecule has 5 nitrogen and oxygen atoms in total. The zero-order chi connectivity index (χ0) is 14.0. The minimum atomic E-state index is -2.75. The fourth-order valence-electron chi connectivity index (χ4n) is 2.46. The molecule has 3 N–H and O–H groups in total. The summed E-state index contributed by atoms with van der Waals surface area (Å²) in [5, 5.41) is 18.4. The van der Waals surface area contributed by atoms with Gasteiger partial charge in [0.05, 0.1) is 23.4 Å². The van der Waals surface area contributed by atoms with Crippen molar-refractivity contribution in [3.05, 3.63) is 11.4 Å². The van der Waals surface area contributed by atoms with Crippen LogP contribution in [0.2, 0.25) is 0 Å². The summed E-state index contributed by atoms with van der Waals surface area (Å²) < 4.78 is 25.4. The van der Waals surface area contributed by atoms with E-state index in [1.54, 1.807) is 6.92 Å². The van der Waals surface area contributed by atoms with E-state index < -0.39 is 23.6 Å². The first-order valence-electron chi connectivity index (χ1n) is 6.26. The van der Waals surface area contributed by atoms with Crippen molar-refractivity contribution in [2.24, 2.45) is 0 Å². The highest BCUT2D eigenvalue weighted by Gasteiger charge is 2.34. The van der Waals surface area contributed by atoms with Crippen LogP contribution >= 0.6 is 0 Å². The van der Waals surface area contributed by atoms with Gasteiger partial charge in [0.1, 0.15) is 0 Å². The molecule has 7 heteroatoms. The average molecular weight is 273 g/mol. The van der Waals surface area contributed by atoms with E-state index in [1.807, 2.05) is 0 Å². The molecular formula is C12H17F2N3O2. The third kappa shape index (κ3) is 3.09. The van der Waals surface area contributed by atoms with E-state index in [9.17, 15) is 18.7 Å². The van der Waals surface area contributed by atoms with Gasteiger partial charge in [0.25, 0.3) is 6.43 Å². The summed E-state index contributed by atoms with van der Waals surface area (Å²) in [6.07, 6.45) is 0.0993. The molecule has 1 amide bonds. The van der Waals surface area contributed by atoms with Gasteiger partial charge in [0, 0.05) is 0 Å². The van der Waals surface area contributed by atoms with Gasteiger partial charge < -0.3 is 10.4 Å². The maximum absolute atomic E-state index is 12.7. The number of halogens is 2. The first-order chi connectivity index (χ1) is 8.91. The van der Waals surface area contributed by atoms with Crippen molar-refractivity contribution in [2.45, 2.75) is 51.1 Å². The molecule has 0 saturated heterocycles. The number of nitrogens with one attached hydrogen (secondary N) is 2. The number of H-pyrrole nitrogens is 1. The number of rotatable bonds is 4. The van der Waals surface area contributed by atoms with Crippen molar-refractivity contribution in [1.82, 2.24) is 10.2 Å². The second kappa shape index (κ2) is 5.24. The van der Waals surface area contributed by atoms with Gasteiger partial charge in [-0.05, 0) is 19.8 Å². The number of carbonyl (C=O) groups is 1. The smallest absolute Gasteiger partial charge is 0.284 e. The van der Waals surface area contributed by atoms with Crippen molar-refractivity contribution in [3.63, 3.8) is 0 Å². The number of nitrogens with zero attached hydrogens (tertiary/aromatic N) is 1. The fourth-order valence-corrected chi connectivity index (χ4v) is 2.46. The zero-order valence-corrected chi connectivity index (χ0v) is 10.7. The molecule has 0 unspecified atom stereocenters. The number of hydrogen-bond donors (Lipinski definition) is 3. The zero-order valence-electron chi connectivity index (χ0n) is 10.7. The predicted molar refractivity (Wildman–Crippen MR) is 64.9 cm³/mol. The molecule has 2 rings (SSSR count). The predicted octanol–water partition coefficient (Wildman–Crippen LogP) is 2.29. The van der Waals surface area contributed by atoms with Crippen LogP contribution in [0.3, 0.4) is 0 Å². The number of aromatic amines is 1. The van der Waals surface area contributed by atoms with Gasteiger partial charge in [-0.2, -0.15) is 5.10 Å². The quantitative estimate of drug-likeness (QED) is 0.787. The normalized spacial score (nSPS) is 17.9. The first kappa shape index (κ1) is 13.9. The third-order valence-electron chi connectivity index (χ3n) is 3.47. The van der Waals surface area contributed by atoms with E-state index in [-0.39, 0.29) is 12.1 Å². The van der Waals surface area contributed by atoms with Crippen LogP contribution in [0.1, 0.15) is 49.9 Å². The van der Waals surface area contributed by atoms with Crippen LogP contribution < -0.4 is 5.32 Å². The second-order valence-corrected chi connectivity index (χ2v) is 5.07. The minimum Gasteiger partial charge on any atom is -0.389 e. The van der Waals surface area contributed by atoms with E-state index in [0.717, 1.165) is 12.8 Å². The largest absolute Gasteiger partial charge is 0.389 e. The van der Waals surface area contributed by atoms with Crippen molar-refractivity contribution in [1.29, 1.82) is 0 Å². The number of aliphatic hydroxyl groups is 1. The Morgan fingerprint density at radius 3 is 2.74 bits per heavy atom. The number of anilines is 1. The molecule has 0 aliphatic heterocycles. The lowest BCUT2D eigenvalue weighted by atomic mass is 9.97. The number of aromatic nitrogens is 2. The molecule has 0 radical (unpaired) electrons. The molecule has 1 fully saturated rings. The lowest BCUT2D eigenvalue weighted by Crippen LogP contribution is -2.31. The number of amides is 1. The van der Waals surface area contributed by atoms with Gasteiger partial charge in [-0.3, -0.25) is 9.89 Å². The summed E-state index contributed by atoms with van der Waals surface area (Å²) in [7, 11) is 0. The number of alkyl halides is 2. The molecule has 1 aliphatic carbocycles. The Kier molecular flexibility index (Phi) is 3.84. The molecular weight excluding hydrogens is 256 g/mol. The standard InChI is InChI=1S/C12H17F2N3O2/c1-7-9(10(11(13)14)17-16-7)15-8(18)6-12(19)4-2-3-5-12/h11,19H,2-6H2,1H3,(H,15,18)(H,16,17). The maximum atomic E-state index is 12.7. The Morgan fingerprint density at radius 2 is 2.16 bits per heavy atom. The van der Waals surface area contributed by atoms with Gasteiger partial charge in [0.15, 0.2) is 5.69 Å². The van der Waals surface area contributed by atoms with Crippen LogP contribution in [0.25, 0.3) is 0 Å². The Bertz CT molecular complexity index is 468. The van der Waals surface area contributed by atoms with Crippen LogP contribution in [0.5, 0.6) is 0 Å². The molecule has 1 aliphatic rings. The summed E-state index contributed by atoms with van der Waals surface area (Å²) in [6.45, 7) is 1.55. The van der Waals surface area contributed by atoms with E-state index in [0.29, 0.717) is 18.5 Å². The number of carbonyl (C=O) groups excluding carboxylic acids is 1. The van der Waals surface area contributed by atoms with Gasteiger partial charge >= 0.3 is 0 Å². The van der Waals surface area contributed by atoms with Gasteiger partial charge in [-0.25, -0.2) is 8.78 Å². The molecule has 1 saturated carbocycles. The Balaban J connectivity index is 2.04. The highest BCUT2D eigenvalue weighted by Crippen LogP contribution is 2.33. The summed E-state index contributed by atoms with van der Waals surface area (Å²) in [4.78, 5) is 11.8. The lowest BCUT2D eigenvalue weighted by Gasteiger charge is -2.21. The Labute approximate surface area is 109 Å². The average Bonchev–Trinajstić information content (AvgIpc) is 2.87. The van der Waals surface area contributed by atoms with Gasteiger partial charge in [-0.15, -0.1) is 0 Å².